The zero-order chi connectivity index (χ0) is 18.6. The molecule has 4 nitrogen and oxygen atoms in total. The van der Waals surface area contributed by atoms with E-state index in [1.807, 2.05) is 11.5 Å². The molecule has 136 valence electrons. The number of hydrogen-bond donors (Lipinski definition) is 1. The molecule has 0 bridgehead atoms. The van der Waals surface area contributed by atoms with Crippen LogP contribution in [0.3, 0.4) is 0 Å². The van der Waals surface area contributed by atoms with Crippen molar-refractivity contribution in [3.8, 4) is 11.3 Å². The van der Waals surface area contributed by atoms with Crippen molar-refractivity contribution in [1.29, 1.82) is 0 Å². The van der Waals surface area contributed by atoms with Gasteiger partial charge in [0.05, 0.1) is 11.1 Å². The number of benzene rings is 1. The highest BCUT2D eigenvalue weighted by molar-refractivity contribution is 5.95. The van der Waals surface area contributed by atoms with Crippen LogP contribution in [0.15, 0.2) is 30.3 Å². The number of hydrogen-bond acceptors (Lipinski definition) is 2. The van der Waals surface area contributed by atoms with Gasteiger partial charge in [-0.2, -0.15) is 13.2 Å². The average Bonchev–Trinajstić information content (AvgIpc) is 2.88. The lowest BCUT2D eigenvalue weighted by atomic mass is 10.1. The Kier molecular flexibility index (Phi) is 5.89. The molecule has 2 rings (SSSR count). The second-order valence-corrected chi connectivity index (χ2v) is 5.67. The Morgan fingerprint density at radius 1 is 1.24 bits per heavy atom. The molecule has 2 N–H and O–H groups in total. The van der Waals surface area contributed by atoms with E-state index in [0.717, 1.165) is 18.6 Å². The van der Waals surface area contributed by atoms with Gasteiger partial charge in [-0.05, 0) is 44.0 Å². The predicted molar refractivity (Wildman–Crippen MR) is 89.2 cm³/mol. The Morgan fingerprint density at radius 3 is 2.40 bits per heavy atom. The van der Waals surface area contributed by atoms with Gasteiger partial charge in [-0.1, -0.05) is 12.1 Å². The minimum absolute atomic E-state index is 0.367. The van der Waals surface area contributed by atoms with Gasteiger partial charge in [0.15, 0.2) is 0 Å². The molecule has 0 saturated carbocycles. The summed E-state index contributed by atoms with van der Waals surface area (Å²) >= 11 is 0. The number of halogens is 3. The number of nitrogens with two attached hydrogens (primary N) is 1. The third-order valence-corrected chi connectivity index (χ3v) is 4.01. The summed E-state index contributed by atoms with van der Waals surface area (Å²) in [4.78, 5) is 11.6. The van der Waals surface area contributed by atoms with Crippen LogP contribution in [0.5, 0.6) is 0 Å². The van der Waals surface area contributed by atoms with E-state index >= 15 is 0 Å². The molecular weight excluding hydrogens is 333 g/mol. The SMILES string of the molecule is CCOCCCn1c(-c2ccc(C(F)(F)F)cc2)cc(C(N)=O)c1C. The maximum absolute atomic E-state index is 12.7. The third kappa shape index (κ3) is 4.42. The molecule has 1 heterocycles. The van der Waals surface area contributed by atoms with E-state index in [9.17, 15) is 18.0 Å². The maximum Gasteiger partial charge on any atom is 0.416 e. The van der Waals surface area contributed by atoms with Crippen molar-refractivity contribution < 1.29 is 22.7 Å². The van der Waals surface area contributed by atoms with E-state index in [4.69, 9.17) is 10.5 Å². The van der Waals surface area contributed by atoms with Gasteiger partial charge in [0.2, 0.25) is 0 Å². The van der Waals surface area contributed by atoms with Crippen LogP contribution in [0.25, 0.3) is 11.3 Å². The first-order valence-electron chi connectivity index (χ1n) is 8.01. The topological polar surface area (TPSA) is 57.2 Å². The van der Waals surface area contributed by atoms with Crippen molar-refractivity contribution in [2.24, 2.45) is 5.73 Å². The van der Waals surface area contributed by atoms with E-state index in [1.54, 1.807) is 13.0 Å². The van der Waals surface area contributed by atoms with Gasteiger partial charge in [-0.25, -0.2) is 0 Å². The molecule has 0 saturated heterocycles. The lowest BCUT2D eigenvalue weighted by Gasteiger charge is -2.13. The molecule has 0 aliphatic heterocycles. The van der Waals surface area contributed by atoms with Crippen molar-refractivity contribution in [2.75, 3.05) is 13.2 Å². The first-order valence-corrected chi connectivity index (χ1v) is 8.01. The van der Waals surface area contributed by atoms with Crippen LogP contribution in [0, 0.1) is 6.92 Å². The summed E-state index contributed by atoms with van der Waals surface area (Å²) in [5, 5.41) is 0. The molecule has 0 unspecified atom stereocenters. The van der Waals surface area contributed by atoms with Crippen LogP contribution in [-0.2, 0) is 17.5 Å². The van der Waals surface area contributed by atoms with Crippen molar-refractivity contribution in [3.05, 3.63) is 47.2 Å². The fourth-order valence-corrected chi connectivity index (χ4v) is 2.72. The van der Waals surface area contributed by atoms with E-state index < -0.39 is 17.6 Å². The van der Waals surface area contributed by atoms with Gasteiger partial charge in [-0.3, -0.25) is 4.79 Å². The number of rotatable bonds is 7. The van der Waals surface area contributed by atoms with Crippen molar-refractivity contribution in [3.63, 3.8) is 0 Å². The highest BCUT2D eigenvalue weighted by Gasteiger charge is 2.30. The van der Waals surface area contributed by atoms with Crippen LogP contribution in [0.2, 0.25) is 0 Å². The van der Waals surface area contributed by atoms with Crippen LogP contribution in [-0.4, -0.2) is 23.7 Å². The number of carbonyl (C=O) groups excluding carboxylic acids is 1. The van der Waals surface area contributed by atoms with Crippen molar-refractivity contribution in [2.45, 2.75) is 33.0 Å². The largest absolute Gasteiger partial charge is 0.416 e. The highest BCUT2D eigenvalue weighted by atomic mass is 19.4. The average molecular weight is 354 g/mol. The zero-order valence-electron chi connectivity index (χ0n) is 14.2. The number of nitrogens with zero attached hydrogens (tertiary/aromatic N) is 1. The third-order valence-electron chi connectivity index (χ3n) is 4.01. The van der Waals surface area contributed by atoms with Gasteiger partial charge < -0.3 is 15.0 Å². The minimum atomic E-state index is -4.38. The standard InChI is InChI=1S/C18H21F3N2O2/c1-3-25-10-4-9-23-12(2)15(17(22)24)11-16(23)13-5-7-14(8-6-13)18(19,20)21/h5-8,11H,3-4,9-10H2,1-2H3,(H2,22,24). The molecule has 1 aromatic heterocycles. The summed E-state index contributed by atoms with van der Waals surface area (Å²) in [5.41, 5.74) is 7.02. The van der Waals surface area contributed by atoms with Crippen molar-refractivity contribution >= 4 is 5.91 Å². The lowest BCUT2D eigenvalue weighted by Crippen LogP contribution is -2.13. The van der Waals surface area contributed by atoms with Crippen LogP contribution in [0.1, 0.15) is 35.0 Å². The second kappa shape index (κ2) is 7.74. The fourth-order valence-electron chi connectivity index (χ4n) is 2.72. The van der Waals surface area contributed by atoms with E-state index in [0.29, 0.717) is 42.3 Å². The highest BCUT2D eigenvalue weighted by Crippen LogP contribution is 2.32. The number of alkyl halides is 3. The Morgan fingerprint density at radius 2 is 1.88 bits per heavy atom. The number of aromatic nitrogens is 1. The molecule has 1 amide bonds. The van der Waals surface area contributed by atoms with Crippen LogP contribution < -0.4 is 5.73 Å². The monoisotopic (exact) mass is 354 g/mol. The molecule has 2 aromatic rings. The Balaban J connectivity index is 2.38. The Labute approximate surface area is 144 Å². The van der Waals surface area contributed by atoms with E-state index in [-0.39, 0.29) is 0 Å². The molecule has 0 fully saturated rings. The molecule has 0 aliphatic carbocycles. The minimum Gasteiger partial charge on any atom is -0.382 e. The maximum atomic E-state index is 12.7. The zero-order valence-corrected chi connectivity index (χ0v) is 14.2. The molecule has 0 spiro atoms. The molecule has 7 heteroatoms. The molecule has 0 aliphatic rings. The van der Waals surface area contributed by atoms with Gasteiger partial charge >= 0.3 is 6.18 Å². The quantitative estimate of drug-likeness (QED) is 0.764. The number of amides is 1. The smallest absolute Gasteiger partial charge is 0.382 e. The van der Waals surface area contributed by atoms with Gasteiger partial charge in [-0.15, -0.1) is 0 Å². The fraction of sp³-hybridized carbons (Fsp3) is 0.389. The molecular formula is C18H21F3N2O2. The number of carbonyl (C=O) groups is 1. The van der Waals surface area contributed by atoms with Crippen molar-refractivity contribution in [1.82, 2.24) is 4.57 Å². The first kappa shape index (κ1) is 19.1. The van der Waals surface area contributed by atoms with E-state index in [1.165, 1.54) is 12.1 Å². The van der Waals surface area contributed by atoms with Gasteiger partial charge in [0.25, 0.3) is 5.91 Å². The number of primary amides is 1. The molecule has 0 radical (unpaired) electrons. The van der Waals surface area contributed by atoms with Gasteiger partial charge in [0, 0.05) is 31.1 Å². The van der Waals surface area contributed by atoms with Gasteiger partial charge in [0.1, 0.15) is 0 Å². The molecule has 1 aromatic carbocycles. The summed E-state index contributed by atoms with van der Waals surface area (Å²) < 4.78 is 45.4. The molecule has 25 heavy (non-hydrogen) atoms. The summed E-state index contributed by atoms with van der Waals surface area (Å²) in [6.07, 6.45) is -3.67. The normalized spacial score (nSPS) is 11.7. The Bertz CT molecular complexity index is 734. The van der Waals surface area contributed by atoms with Crippen LogP contribution >= 0.6 is 0 Å². The summed E-state index contributed by atoms with van der Waals surface area (Å²) in [7, 11) is 0. The number of ether oxygens (including phenoxy) is 1. The van der Waals surface area contributed by atoms with E-state index in [2.05, 4.69) is 0 Å². The first-order chi connectivity index (χ1) is 11.8. The summed E-state index contributed by atoms with van der Waals surface area (Å²) in [6, 6.07) is 6.50. The predicted octanol–water partition coefficient (Wildman–Crippen LogP) is 4.01. The summed E-state index contributed by atoms with van der Waals surface area (Å²) in [5.74, 6) is -0.561. The Hall–Kier alpha value is -2.28. The lowest BCUT2D eigenvalue weighted by molar-refractivity contribution is -0.137. The second-order valence-electron chi connectivity index (χ2n) is 5.67. The van der Waals surface area contributed by atoms with Crippen LogP contribution in [0.4, 0.5) is 13.2 Å². The summed E-state index contributed by atoms with van der Waals surface area (Å²) in [6.45, 7) is 5.43. The molecule has 0 atom stereocenters.